The van der Waals surface area contributed by atoms with Crippen LogP contribution in [0.5, 0.6) is 0 Å². The van der Waals surface area contributed by atoms with Crippen LogP contribution >= 0.6 is 0 Å². The van der Waals surface area contributed by atoms with Crippen molar-refractivity contribution < 1.29 is 14.0 Å². The molecule has 1 aromatic carbocycles. The minimum Gasteiger partial charge on any atom is -0.368 e. The summed E-state index contributed by atoms with van der Waals surface area (Å²) in [4.78, 5) is 28.8. The second kappa shape index (κ2) is 8.07. The van der Waals surface area contributed by atoms with Crippen molar-refractivity contribution in [2.24, 2.45) is 11.3 Å². The van der Waals surface area contributed by atoms with Gasteiger partial charge in [0.2, 0.25) is 11.8 Å². The number of nitrogens with zero attached hydrogens (tertiary/aromatic N) is 2. The van der Waals surface area contributed by atoms with Crippen molar-refractivity contribution in [1.82, 2.24) is 15.5 Å². The van der Waals surface area contributed by atoms with Crippen molar-refractivity contribution in [3.8, 4) is 0 Å². The highest BCUT2D eigenvalue weighted by Crippen LogP contribution is 2.58. The molecule has 0 radical (unpaired) electrons. The maximum atomic E-state index is 13.1. The lowest BCUT2D eigenvalue weighted by Crippen LogP contribution is -2.49. The van der Waals surface area contributed by atoms with E-state index in [0.29, 0.717) is 26.1 Å². The number of halogens is 1. The highest BCUT2D eigenvalue weighted by Gasteiger charge is 2.57. The minimum absolute atomic E-state index is 0.0893. The van der Waals surface area contributed by atoms with Crippen LogP contribution in [0.25, 0.3) is 0 Å². The van der Waals surface area contributed by atoms with Gasteiger partial charge in [-0.3, -0.25) is 9.59 Å². The van der Waals surface area contributed by atoms with E-state index in [1.807, 2.05) is 4.90 Å². The van der Waals surface area contributed by atoms with Crippen molar-refractivity contribution in [1.29, 1.82) is 0 Å². The van der Waals surface area contributed by atoms with Crippen LogP contribution in [0.1, 0.15) is 25.7 Å². The third kappa shape index (κ3) is 4.14. The van der Waals surface area contributed by atoms with Crippen LogP contribution < -0.4 is 15.5 Å². The standard InChI is InChI=1S/C21H29FN4O2/c22-16-1-3-17(4-2-16)25-11-13-26(14-12-25)19(27)5-8-24-20(28)18-15-21(18)6-9-23-10-7-21/h1-4,18,23H,5-15H2,(H,24,28). The normalized spacial score (nSPS) is 23.5. The molecule has 4 rings (SSSR count). The second-order valence-electron chi connectivity index (χ2n) is 8.25. The number of nitrogens with one attached hydrogen (secondary N) is 2. The molecule has 6 nitrogen and oxygen atoms in total. The molecular formula is C21H29FN4O2. The monoisotopic (exact) mass is 388 g/mol. The number of rotatable bonds is 5. The van der Waals surface area contributed by atoms with Crippen LogP contribution in [-0.2, 0) is 9.59 Å². The number of benzene rings is 1. The largest absolute Gasteiger partial charge is 0.368 e. The molecule has 2 amide bonds. The third-order valence-corrected chi connectivity index (χ3v) is 6.57. The van der Waals surface area contributed by atoms with Crippen LogP contribution in [0.2, 0.25) is 0 Å². The van der Waals surface area contributed by atoms with Crippen molar-refractivity contribution >= 4 is 17.5 Å². The van der Waals surface area contributed by atoms with E-state index in [2.05, 4.69) is 15.5 Å². The van der Waals surface area contributed by atoms with Gasteiger partial charge in [0.25, 0.3) is 0 Å². The van der Waals surface area contributed by atoms with Crippen LogP contribution in [0, 0.1) is 17.2 Å². The summed E-state index contributed by atoms with van der Waals surface area (Å²) in [6, 6.07) is 6.47. The smallest absolute Gasteiger partial charge is 0.224 e. The lowest BCUT2D eigenvalue weighted by molar-refractivity contribution is -0.131. The Hall–Kier alpha value is -2.15. The van der Waals surface area contributed by atoms with E-state index in [1.54, 1.807) is 12.1 Å². The second-order valence-corrected chi connectivity index (χ2v) is 8.25. The van der Waals surface area contributed by atoms with Gasteiger partial charge in [-0.05, 0) is 62.0 Å². The number of piperidine rings is 1. The fourth-order valence-corrected chi connectivity index (χ4v) is 4.64. The molecule has 7 heteroatoms. The first-order valence-corrected chi connectivity index (χ1v) is 10.3. The summed E-state index contributed by atoms with van der Waals surface area (Å²) in [5, 5.41) is 6.32. The molecule has 1 atom stereocenters. The van der Waals surface area contributed by atoms with E-state index in [1.165, 1.54) is 12.1 Å². The first-order valence-electron chi connectivity index (χ1n) is 10.3. The lowest BCUT2D eigenvalue weighted by Gasteiger charge is -2.36. The Bertz CT molecular complexity index is 710. The quantitative estimate of drug-likeness (QED) is 0.800. The van der Waals surface area contributed by atoms with Gasteiger partial charge in [-0.2, -0.15) is 0 Å². The maximum absolute atomic E-state index is 13.1. The molecule has 1 saturated carbocycles. The zero-order valence-corrected chi connectivity index (χ0v) is 16.3. The van der Waals surface area contributed by atoms with E-state index < -0.39 is 0 Å². The summed E-state index contributed by atoms with van der Waals surface area (Å²) in [6.07, 6.45) is 3.52. The van der Waals surface area contributed by atoms with Gasteiger partial charge in [0.05, 0.1) is 0 Å². The molecule has 2 aliphatic heterocycles. The van der Waals surface area contributed by atoms with Gasteiger partial charge < -0.3 is 20.4 Å². The number of piperazine rings is 1. The van der Waals surface area contributed by atoms with Crippen molar-refractivity contribution in [2.75, 3.05) is 50.7 Å². The fraction of sp³-hybridized carbons (Fsp3) is 0.619. The molecule has 1 aromatic rings. The Balaban J connectivity index is 1.16. The molecule has 1 unspecified atom stereocenters. The molecule has 3 fully saturated rings. The van der Waals surface area contributed by atoms with Crippen molar-refractivity contribution in [2.45, 2.75) is 25.7 Å². The number of amides is 2. The number of anilines is 1. The summed E-state index contributed by atoms with van der Waals surface area (Å²) in [7, 11) is 0. The fourth-order valence-electron chi connectivity index (χ4n) is 4.64. The average molecular weight is 388 g/mol. The zero-order chi connectivity index (χ0) is 19.6. The molecule has 2 N–H and O–H groups in total. The lowest BCUT2D eigenvalue weighted by atomic mass is 9.92. The predicted molar refractivity (Wildman–Crippen MR) is 105 cm³/mol. The number of carbonyl (C=O) groups is 2. The van der Waals surface area contributed by atoms with E-state index in [9.17, 15) is 14.0 Å². The molecule has 152 valence electrons. The van der Waals surface area contributed by atoms with E-state index >= 15 is 0 Å². The average Bonchev–Trinajstić information content (AvgIpc) is 3.42. The molecule has 0 aromatic heterocycles. The Morgan fingerprint density at radius 2 is 1.79 bits per heavy atom. The molecule has 1 aliphatic carbocycles. The van der Waals surface area contributed by atoms with Crippen molar-refractivity contribution in [3.63, 3.8) is 0 Å². The van der Waals surface area contributed by atoms with Gasteiger partial charge in [-0.15, -0.1) is 0 Å². The van der Waals surface area contributed by atoms with Crippen LogP contribution in [0.3, 0.4) is 0 Å². The first kappa shape index (κ1) is 19.2. The number of carbonyl (C=O) groups excluding carboxylic acids is 2. The topological polar surface area (TPSA) is 64.7 Å². The Morgan fingerprint density at radius 3 is 2.46 bits per heavy atom. The summed E-state index contributed by atoms with van der Waals surface area (Å²) in [5.41, 5.74) is 1.22. The molecule has 28 heavy (non-hydrogen) atoms. The Kier molecular flexibility index (Phi) is 5.53. The highest BCUT2D eigenvalue weighted by molar-refractivity contribution is 5.83. The van der Waals surface area contributed by atoms with Crippen LogP contribution in [0.4, 0.5) is 10.1 Å². The molecule has 2 heterocycles. The Morgan fingerprint density at radius 1 is 1.11 bits per heavy atom. The summed E-state index contributed by atoms with van der Waals surface area (Å²) >= 11 is 0. The van der Waals surface area contributed by atoms with Gasteiger partial charge >= 0.3 is 0 Å². The summed E-state index contributed by atoms with van der Waals surface area (Å²) in [6.45, 7) is 5.22. The Labute approximate surface area is 165 Å². The minimum atomic E-state index is -0.239. The predicted octanol–water partition coefficient (Wildman–Crippen LogP) is 1.37. The van der Waals surface area contributed by atoms with E-state index in [-0.39, 0.29) is 29.0 Å². The number of hydrogen-bond acceptors (Lipinski definition) is 4. The van der Waals surface area contributed by atoms with E-state index in [4.69, 9.17) is 0 Å². The molecule has 1 spiro atoms. The van der Waals surface area contributed by atoms with Gasteiger partial charge in [-0.1, -0.05) is 0 Å². The van der Waals surface area contributed by atoms with E-state index in [0.717, 1.165) is 51.1 Å². The molecule has 0 bridgehead atoms. The third-order valence-electron chi connectivity index (χ3n) is 6.57. The molecule has 3 aliphatic rings. The maximum Gasteiger partial charge on any atom is 0.224 e. The van der Waals surface area contributed by atoms with Crippen LogP contribution in [-0.4, -0.2) is 62.5 Å². The van der Waals surface area contributed by atoms with Gasteiger partial charge in [0.1, 0.15) is 5.82 Å². The summed E-state index contributed by atoms with van der Waals surface area (Å²) < 4.78 is 13.1. The molecule has 2 saturated heterocycles. The summed E-state index contributed by atoms with van der Waals surface area (Å²) in [5.74, 6) is 0.114. The van der Waals surface area contributed by atoms with Crippen molar-refractivity contribution in [3.05, 3.63) is 30.1 Å². The first-order chi connectivity index (χ1) is 13.6. The zero-order valence-electron chi connectivity index (χ0n) is 16.3. The SMILES string of the molecule is O=C(NCCC(=O)N1CCN(c2ccc(F)cc2)CC1)C1CC12CCNCC2. The number of hydrogen-bond donors (Lipinski definition) is 2. The van der Waals surface area contributed by atoms with Gasteiger partial charge in [-0.25, -0.2) is 4.39 Å². The van der Waals surface area contributed by atoms with Gasteiger partial charge in [0, 0.05) is 50.7 Å². The molecular weight excluding hydrogens is 359 g/mol. The van der Waals surface area contributed by atoms with Gasteiger partial charge in [0.15, 0.2) is 0 Å². The highest BCUT2D eigenvalue weighted by atomic mass is 19.1. The van der Waals surface area contributed by atoms with Crippen LogP contribution in [0.15, 0.2) is 24.3 Å².